The van der Waals surface area contributed by atoms with E-state index in [9.17, 15) is 0 Å². The van der Waals surface area contributed by atoms with Crippen LogP contribution in [0.2, 0.25) is 0 Å². The fraction of sp³-hybridized carbons (Fsp3) is 0.170. The van der Waals surface area contributed by atoms with Gasteiger partial charge in [-0.25, -0.2) is 0 Å². The zero-order valence-electron chi connectivity index (χ0n) is 28.0. The van der Waals surface area contributed by atoms with Gasteiger partial charge < -0.3 is 9.13 Å². The van der Waals surface area contributed by atoms with Crippen LogP contribution < -0.4 is 0 Å². The van der Waals surface area contributed by atoms with E-state index in [1.165, 1.54) is 78.1 Å². The first-order valence-electron chi connectivity index (χ1n) is 18.3. The fourth-order valence-corrected chi connectivity index (χ4v) is 9.64. The van der Waals surface area contributed by atoms with E-state index in [0.29, 0.717) is 11.8 Å². The Bertz CT molecular complexity index is 2710. The molecule has 2 unspecified atom stereocenters. The Kier molecular flexibility index (Phi) is 6.16. The van der Waals surface area contributed by atoms with Crippen molar-refractivity contribution >= 4 is 61.2 Å². The Morgan fingerprint density at radius 3 is 1.86 bits per heavy atom. The van der Waals surface area contributed by atoms with Crippen LogP contribution in [0.3, 0.4) is 0 Å². The van der Waals surface area contributed by atoms with E-state index in [0.717, 1.165) is 32.2 Å². The number of fused-ring (bicyclic) bond motifs is 10. The summed E-state index contributed by atoms with van der Waals surface area (Å²) in [5.74, 6) is 0.858. The number of nitrogens with zero attached hydrogens (tertiary/aromatic N) is 3. The molecular formula is C47H37N3. The molecule has 3 heterocycles. The number of dihydropyridines is 1. The van der Waals surface area contributed by atoms with E-state index in [-0.39, 0.29) is 0 Å². The number of allylic oxidation sites excluding steroid dienone is 13. The molecule has 0 amide bonds. The summed E-state index contributed by atoms with van der Waals surface area (Å²) < 4.78 is 5.00. The molecule has 11 rings (SSSR count). The molecule has 0 fully saturated rings. The van der Waals surface area contributed by atoms with Crippen molar-refractivity contribution in [2.24, 2.45) is 16.8 Å². The summed E-state index contributed by atoms with van der Waals surface area (Å²) in [7, 11) is 0. The van der Waals surface area contributed by atoms with Crippen LogP contribution in [0.15, 0.2) is 161 Å². The van der Waals surface area contributed by atoms with Gasteiger partial charge in [0.1, 0.15) is 0 Å². The second-order valence-electron chi connectivity index (χ2n) is 14.4. The topological polar surface area (TPSA) is 22.2 Å². The summed E-state index contributed by atoms with van der Waals surface area (Å²) in [6.07, 6.45) is 26.3. The lowest BCUT2D eigenvalue weighted by molar-refractivity contribution is 0.579. The monoisotopic (exact) mass is 643 g/mol. The first-order chi connectivity index (χ1) is 24.8. The number of aromatic nitrogens is 2. The largest absolute Gasteiger partial charge is 0.313 e. The number of aliphatic imine (C=N–C) groups is 1. The number of hydrogen-bond acceptors (Lipinski definition) is 1. The molecule has 0 spiro atoms. The summed E-state index contributed by atoms with van der Waals surface area (Å²) in [5.41, 5.74) is 16.7. The smallest absolute Gasteiger partial charge is 0.0538 e. The lowest BCUT2D eigenvalue weighted by Gasteiger charge is -2.39. The molecule has 4 aliphatic carbocycles. The zero-order chi connectivity index (χ0) is 32.8. The third-order valence-corrected chi connectivity index (χ3v) is 11.8. The van der Waals surface area contributed by atoms with Crippen LogP contribution in [0, 0.1) is 11.8 Å². The van der Waals surface area contributed by atoms with Gasteiger partial charge in [-0.3, -0.25) is 4.99 Å². The van der Waals surface area contributed by atoms with Crippen LogP contribution in [-0.4, -0.2) is 21.9 Å². The minimum atomic E-state index is 0.412. The second-order valence-corrected chi connectivity index (χ2v) is 14.4. The van der Waals surface area contributed by atoms with Crippen LogP contribution in [0.4, 0.5) is 0 Å². The first-order valence-corrected chi connectivity index (χ1v) is 18.3. The van der Waals surface area contributed by atoms with Crippen LogP contribution in [0.5, 0.6) is 0 Å². The van der Waals surface area contributed by atoms with Gasteiger partial charge in [0.2, 0.25) is 0 Å². The highest BCUT2D eigenvalue weighted by Gasteiger charge is 2.36. The van der Waals surface area contributed by atoms with E-state index >= 15 is 0 Å². The molecule has 240 valence electrons. The van der Waals surface area contributed by atoms with Gasteiger partial charge in [-0.05, 0) is 108 Å². The minimum Gasteiger partial charge on any atom is -0.313 e. The van der Waals surface area contributed by atoms with Crippen LogP contribution in [0.25, 0.3) is 66.1 Å². The maximum absolute atomic E-state index is 4.45. The Morgan fingerprint density at radius 2 is 1.18 bits per heavy atom. The van der Waals surface area contributed by atoms with Gasteiger partial charge in [0, 0.05) is 64.0 Å². The number of benzene rings is 4. The van der Waals surface area contributed by atoms with Crippen molar-refractivity contribution in [1.29, 1.82) is 0 Å². The van der Waals surface area contributed by atoms with Gasteiger partial charge >= 0.3 is 0 Å². The van der Waals surface area contributed by atoms with E-state index in [2.05, 4.69) is 148 Å². The molecule has 4 aromatic carbocycles. The van der Waals surface area contributed by atoms with Crippen molar-refractivity contribution in [2.45, 2.75) is 32.1 Å². The van der Waals surface area contributed by atoms with Gasteiger partial charge in [-0.15, -0.1) is 0 Å². The molecule has 0 saturated carbocycles. The van der Waals surface area contributed by atoms with E-state index in [1.54, 1.807) is 16.7 Å². The normalized spacial score (nSPS) is 21.3. The molecule has 5 aliphatic rings. The Balaban J connectivity index is 1.06. The summed E-state index contributed by atoms with van der Waals surface area (Å²) in [4.78, 5) is 4.45. The molecule has 0 N–H and O–H groups in total. The van der Waals surface area contributed by atoms with Crippen LogP contribution in [0.1, 0.15) is 32.1 Å². The average molecular weight is 644 g/mol. The van der Waals surface area contributed by atoms with Crippen molar-refractivity contribution in [3.8, 4) is 11.1 Å². The molecule has 2 atom stereocenters. The van der Waals surface area contributed by atoms with Crippen LogP contribution in [-0.2, 0) is 0 Å². The summed E-state index contributed by atoms with van der Waals surface area (Å²) in [6.45, 7) is 0.841. The van der Waals surface area contributed by atoms with Gasteiger partial charge in [0.05, 0.1) is 22.1 Å². The summed E-state index contributed by atoms with van der Waals surface area (Å²) in [6, 6.07) is 32.0. The lowest BCUT2D eigenvalue weighted by Crippen LogP contribution is -2.26. The number of para-hydroxylation sites is 2. The van der Waals surface area contributed by atoms with Crippen LogP contribution >= 0.6 is 0 Å². The second kappa shape index (κ2) is 10.9. The number of rotatable bonds is 3. The molecule has 50 heavy (non-hydrogen) atoms. The van der Waals surface area contributed by atoms with E-state index in [1.807, 2.05) is 6.21 Å². The van der Waals surface area contributed by atoms with Crippen molar-refractivity contribution in [3.63, 3.8) is 0 Å². The predicted molar refractivity (Wildman–Crippen MR) is 211 cm³/mol. The summed E-state index contributed by atoms with van der Waals surface area (Å²) >= 11 is 0. The third-order valence-electron chi connectivity index (χ3n) is 11.8. The molecule has 0 saturated heterocycles. The quantitative estimate of drug-likeness (QED) is 0.183. The summed E-state index contributed by atoms with van der Waals surface area (Å²) in [5, 5.41) is 5.23. The van der Waals surface area contributed by atoms with Gasteiger partial charge in [-0.2, -0.15) is 0 Å². The van der Waals surface area contributed by atoms with Gasteiger partial charge in [0.25, 0.3) is 0 Å². The highest BCUT2D eigenvalue weighted by Crippen LogP contribution is 2.50. The van der Waals surface area contributed by atoms with E-state index < -0.39 is 0 Å². The fourth-order valence-electron chi connectivity index (χ4n) is 9.64. The highest BCUT2D eigenvalue weighted by atomic mass is 15.0. The molecule has 3 nitrogen and oxygen atoms in total. The third kappa shape index (κ3) is 4.07. The standard InChI is InChI=1S/C47H37N3/c1-2-11-36-34(9-1)35-10-3-4-12-37(35)41-29-33(19-20-38(36)41)50-45-16-8-6-14-40(45)43-28-31(18-22-47(43)50)30-17-21-46-42(27-30)39-13-5-7-15-44(39)49(46)32-23-25-48-26-24-32/h1,3-10,12-18,21-23,25,27-29,35,37H,2,11,19-20,24,26H2. The average Bonchev–Trinajstić information content (AvgIpc) is 3.70. The number of hydrogen-bond donors (Lipinski definition) is 0. The van der Waals surface area contributed by atoms with Crippen molar-refractivity contribution in [3.05, 3.63) is 156 Å². The molecule has 0 radical (unpaired) electrons. The van der Waals surface area contributed by atoms with Gasteiger partial charge in [-0.1, -0.05) is 85.0 Å². The van der Waals surface area contributed by atoms with Crippen molar-refractivity contribution in [2.75, 3.05) is 6.54 Å². The molecule has 2 aromatic heterocycles. The molecule has 6 aromatic rings. The minimum absolute atomic E-state index is 0.412. The SMILES string of the molecule is C1=CC2C3=C(CCC=C3)C3=C(C=C(n4c5ccccc5c5cc(-c6ccc7c(c6)c6ccccc6n7C6=CC=NCC6)ccc54)CC3)C2C=C1. The maximum Gasteiger partial charge on any atom is 0.0538 e. The molecule has 3 heteroatoms. The van der Waals surface area contributed by atoms with E-state index in [4.69, 9.17) is 0 Å². The van der Waals surface area contributed by atoms with Crippen molar-refractivity contribution in [1.82, 2.24) is 9.13 Å². The first kappa shape index (κ1) is 28.2. The maximum atomic E-state index is 4.45. The zero-order valence-corrected chi connectivity index (χ0v) is 28.0. The highest BCUT2D eigenvalue weighted by molar-refractivity contribution is 6.13. The predicted octanol–water partition coefficient (Wildman–Crippen LogP) is 11.8. The Morgan fingerprint density at radius 1 is 0.560 bits per heavy atom. The molecular weight excluding hydrogens is 607 g/mol. The Labute approximate surface area is 291 Å². The Hall–Kier alpha value is -5.67. The van der Waals surface area contributed by atoms with Gasteiger partial charge in [0.15, 0.2) is 0 Å². The lowest BCUT2D eigenvalue weighted by atomic mass is 9.66. The molecule has 1 aliphatic heterocycles. The van der Waals surface area contributed by atoms with Crippen molar-refractivity contribution < 1.29 is 0 Å². The molecule has 0 bridgehead atoms.